The lowest BCUT2D eigenvalue weighted by molar-refractivity contribution is 0.0985. The van der Waals surface area contributed by atoms with Crippen molar-refractivity contribution < 1.29 is 4.79 Å². The van der Waals surface area contributed by atoms with Gasteiger partial charge in [-0.05, 0) is 38.3 Å². The number of rotatable bonds is 5. The number of aromatic nitrogens is 3. The number of carbonyl (C=O) groups is 1. The predicted octanol–water partition coefficient (Wildman–Crippen LogP) is 3.56. The van der Waals surface area contributed by atoms with Gasteiger partial charge in [0.2, 0.25) is 0 Å². The maximum atomic E-state index is 12.5. The molecule has 2 rings (SSSR count). The second kappa shape index (κ2) is 6.39. The molecule has 0 fully saturated rings. The fraction of sp³-hybridized carbons (Fsp3) is 0.438. The van der Waals surface area contributed by atoms with Crippen molar-refractivity contribution in [3.05, 3.63) is 45.5 Å². The van der Waals surface area contributed by atoms with Crippen molar-refractivity contribution >= 4 is 17.4 Å². The van der Waals surface area contributed by atoms with E-state index < -0.39 is 0 Å². The number of ketones is 1. The Morgan fingerprint density at radius 1 is 1.33 bits per heavy atom. The summed E-state index contributed by atoms with van der Waals surface area (Å²) >= 11 is 6.35. The summed E-state index contributed by atoms with van der Waals surface area (Å²) in [4.78, 5) is 16.8. The van der Waals surface area contributed by atoms with Crippen LogP contribution in [0.4, 0.5) is 0 Å². The van der Waals surface area contributed by atoms with Crippen molar-refractivity contribution in [1.82, 2.24) is 14.8 Å². The molecule has 21 heavy (non-hydrogen) atoms. The number of hydrogen-bond acceptors (Lipinski definition) is 3. The van der Waals surface area contributed by atoms with Gasteiger partial charge in [-0.25, -0.2) is 0 Å². The quantitative estimate of drug-likeness (QED) is 0.794. The van der Waals surface area contributed by atoms with Crippen LogP contribution in [0.25, 0.3) is 0 Å². The first-order valence-corrected chi connectivity index (χ1v) is 7.56. The summed E-state index contributed by atoms with van der Waals surface area (Å²) in [6, 6.07) is 1.97. The third-order valence-corrected chi connectivity index (χ3v) is 3.94. The van der Waals surface area contributed by atoms with Gasteiger partial charge in [0.25, 0.3) is 0 Å². The predicted molar refractivity (Wildman–Crippen MR) is 84.0 cm³/mol. The fourth-order valence-electron chi connectivity index (χ4n) is 2.43. The topological polar surface area (TPSA) is 47.8 Å². The van der Waals surface area contributed by atoms with E-state index in [0.29, 0.717) is 17.3 Å². The van der Waals surface area contributed by atoms with Gasteiger partial charge in [-0.2, -0.15) is 5.10 Å². The molecule has 2 aromatic heterocycles. The molecule has 0 aliphatic carbocycles. The molecule has 2 heterocycles. The molecule has 112 valence electrons. The van der Waals surface area contributed by atoms with Crippen molar-refractivity contribution in [2.24, 2.45) is 0 Å². The van der Waals surface area contributed by atoms with Crippen LogP contribution in [0.3, 0.4) is 0 Å². The van der Waals surface area contributed by atoms with E-state index in [-0.39, 0.29) is 12.2 Å². The summed E-state index contributed by atoms with van der Waals surface area (Å²) in [6.07, 6.45) is 2.71. The van der Waals surface area contributed by atoms with Crippen molar-refractivity contribution in [2.75, 3.05) is 0 Å². The van der Waals surface area contributed by atoms with E-state index in [1.807, 2.05) is 38.4 Å². The van der Waals surface area contributed by atoms with Crippen molar-refractivity contribution in [3.63, 3.8) is 0 Å². The van der Waals surface area contributed by atoms with Gasteiger partial charge in [-0.15, -0.1) is 0 Å². The number of carbonyl (C=O) groups excluding carboxylic acids is 1. The Labute approximate surface area is 130 Å². The number of Topliss-reactive ketones (excluding diaryl/α,β-unsaturated/α-hetero) is 1. The highest BCUT2D eigenvalue weighted by Gasteiger charge is 2.19. The first-order chi connectivity index (χ1) is 9.97. The van der Waals surface area contributed by atoms with Gasteiger partial charge in [0.05, 0.1) is 22.8 Å². The second-order valence-electron chi connectivity index (χ2n) is 5.15. The second-order valence-corrected chi connectivity index (χ2v) is 5.53. The zero-order valence-corrected chi connectivity index (χ0v) is 13.7. The fourth-order valence-corrected chi connectivity index (χ4v) is 2.77. The zero-order valence-electron chi connectivity index (χ0n) is 12.9. The Balaban J connectivity index is 2.33. The lowest BCUT2D eigenvalue weighted by Gasteiger charge is -2.07. The Kier molecular flexibility index (Phi) is 4.78. The van der Waals surface area contributed by atoms with Crippen LogP contribution in [0.15, 0.2) is 12.3 Å². The molecule has 0 N–H and O–H groups in total. The summed E-state index contributed by atoms with van der Waals surface area (Å²) in [6.45, 7) is 8.56. The molecule has 0 amide bonds. The number of hydrogen-bond donors (Lipinski definition) is 0. The average molecular weight is 306 g/mol. The van der Waals surface area contributed by atoms with Crippen LogP contribution in [0.5, 0.6) is 0 Å². The first kappa shape index (κ1) is 15.7. The maximum Gasteiger partial charge on any atom is 0.187 e. The molecule has 0 saturated heterocycles. The molecule has 5 heteroatoms. The van der Waals surface area contributed by atoms with Gasteiger partial charge in [0.1, 0.15) is 5.69 Å². The lowest BCUT2D eigenvalue weighted by atomic mass is 10.1. The number of halogens is 1. The largest absolute Gasteiger partial charge is 0.292 e. The summed E-state index contributed by atoms with van der Waals surface area (Å²) in [5, 5.41) is 5.05. The van der Waals surface area contributed by atoms with Gasteiger partial charge in [0.15, 0.2) is 5.78 Å². The Hall–Kier alpha value is -1.68. The number of aryl methyl sites for hydroxylation is 4. The molecule has 0 unspecified atom stereocenters. The highest BCUT2D eigenvalue weighted by molar-refractivity contribution is 6.32. The molecule has 0 bridgehead atoms. The highest BCUT2D eigenvalue weighted by Crippen LogP contribution is 2.23. The Morgan fingerprint density at radius 2 is 2.05 bits per heavy atom. The minimum Gasteiger partial charge on any atom is -0.292 e. The molecular formula is C16H20ClN3O. The van der Waals surface area contributed by atoms with Gasteiger partial charge < -0.3 is 0 Å². The van der Waals surface area contributed by atoms with Crippen molar-refractivity contribution in [3.8, 4) is 0 Å². The van der Waals surface area contributed by atoms with Crippen LogP contribution in [-0.2, 0) is 19.4 Å². The van der Waals surface area contributed by atoms with E-state index >= 15 is 0 Å². The third-order valence-electron chi connectivity index (χ3n) is 3.50. The van der Waals surface area contributed by atoms with Crippen molar-refractivity contribution in [2.45, 2.75) is 47.1 Å². The molecule has 0 aromatic carbocycles. The van der Waals surface area contributed by atoms with Crippen molar-refractivity contribution in [1.29, 1.82) is 0 Å². The zero-order chi connectivity index (χ0) is 15.6. The molecular weight excluding hydrogens is 286 g/mol. The number of nitrogens with zero attached hydrogens (tertiary/aromatic N) is 3. The van der Waals surface area contributed by atoms with Crippen LogP contribution >= 0.6 is 11.6 Å². The van der Waals surface area contributed by atoms with E-state index in [4.69, 9.17) is 11.6 Å². The van der Waals surface area contributed by atoms with Crippen LogP contribution < -0.4 is 0 Å². The number of pyridine rings is 1. The maximum absolute atomic E-state index is 12.5. The molecule has 0 atom stereocenters. The van der Waals surface area contributed by atoms with Gasteiger partial charge in [-0.1, -0.05) is 24.6 Å². The smallest absolute Gasteiger partial charge is 0.187 e. The molecule has 0 spiro atoms. The van der Waals surface area contributed by atoms with E-state index in [9.17, 15) is 4.79 Å². The Bertz CT molecular complexity index is 676. The SMILES string of the molecule is CCc1nn(CC)c(CC(=O)c2ncc(C)cc2C)c1Cl. The summed E-state index contributed by atoms with van der Waals surface area (Å²) in [7, 11) is 0. The summed E-state index contributed by atoms with van der Waals surface area (Å²) < 4.78 is 1.81. The molecule has 0 radical (unpaired) electrons. The standard InChI is InChI=1S/C16H20ClN3O/c1-5-12-15(17)13(20(6-2)19-12)8-14(21)16-11(4)7-10(3)9-18-16/h7,9H,5-6,8H2,1-4H3. The molecule has 0 aliphatic rings. The Morgan fingerprint density at radius 3 is 2.62 bits per heavy atom. The summed E-state index contributed by atoms with van der Waals surface area (Å²) in [5.74, 6) is -0.0216. The lowest BCUT2D eigenvalue weighted by Crippen LogP contribution is -2.12. The monoisotopic (exact) mass is 305 g/mol. The van der Waals surface area contributed by atoms with Crippen LogP contribution in [-0.4, -0.2) is 20.5 Å². The van der Waals surface area contributed by atoms with Gasteiger partial charge in [-0.3, -0.25) is 14.5 Å². The van der Waals surface area contributed by atoms with E-state index in [1.165, 1.54) is 0 Å². The third kappa shape index (κ3) is 3.16. The van der Waals surface area contributed by atoms with Crippen LogP contribution in [0.2, 0.25) is 5.02 Å². The molecule has 2 aromatic rings. The van der Waals surface area contributed by atoms with E-state index in [1.54, 1.807) is 6.20 Å². The molecule has 0 saturated carbocycles. The van der Waals surface area contributed by atoms with Gasteiger partial charge in [0, 0.05) is 12.7 Å². The first-order valence-electron chi connectivity index (χ1n) is 7.18. The van der Waals surface area contributed by atoms with Gasteiger partial charge >= 0.3 is 0 Å². The van der Waals surface area contributed by atoms with E-state index in [0.717, 1.165) is 28.9 Å². The van der Waals surface area contributed by atoms with Crippen LogP contribution in [0, 0.1) is 13.8 Å². The van der Waals surface area contributed by atoms with Crippen LogP contribution in [0.1, 0.15) is 46.9 Å². The summed E-state index contributed by atoms with van der Waals surface area (Å²) in [5.41, 5.74) is 4.08. The van der Waals surface area contributed by atoms with E-state index in [2.05, 4.69) is 10.1 Å². The highest BCUT2D eigenvalue weighted by atomic mass is 35.5. The molecule has 0 aliphatic heterocycles. The normalized spacial score (nSPS) is 10.9. The minimum absolute atomic E-state index is 0.0216. The average Bonchev–Trinajstić information content (AvgIpc) is 2.75. The molecule has 4 nitrogen and oxygen atoms in total. The minimum atomic E-state index is -0.0216.